The minimum atomic E-state index is -4.73. The monoisotopic (exact) mass is 358 g/mol. The van der Waals surface area contributed by atoms with E-state index in [1.54, 1.807) is 4.90 Å². The second-order valence-electron chi connectivity index (χ2n) is 6.50. The van der Waals surface area contributed by atoms with Crippen molar-refractivity contribution in [1.82, 2.24) is 10.2 Å². The molecule has 8 heteroatoms. The smallest absolute Gasteiger partial charge is 0.406 e. The molecule has 0 radical (unpaired) electrons. The van der Waals surface area contributed by atoms with Crippen LogP contribution in [-0.4, -0.2) is 36.2 Å². The summed E-state index contributed by atoms with van der Waals surface area (Å²) in [5.41, 5.74) is 0.645. The van der Waals surface area contributed by atoms with Crippen LogP contribution < -0.4 is 10.1 Å². The Balaban J connectivity index is 1.83. The molecule has 2 amide bonds. The summed E-state index contributed by atoms with van der Waals surface area (Å²) in [5, 5.41) is 2.72. The fourth-order valence-electron chi connectivity index (χ4n) is 2.71. The van der Waals surface area contributed by atoms with Crippen LogP contribution in [0.4, 0.5) is 13.2 Å². The van der Waals surface area contributed by atoms with E-state index in [1.807, 2.05) is 13.8 Å². The third-order valence-electron chi connectivity index (χ3n) is 3.79. The second kappa shape index (κ2) is 7.76. The van der Waals surface area contributed by atoms with Crippen LogP contribution in [0.2, 0.25) is 0 Å². The van der Waals surface area contributed by atoms with Gasteiger partial charge in [-0.25, -0.2) is 0 Å². The van der Waals surface area contributed by atoms with Crippen LogP contribution in [0.3, 0.4) is 0 Å². The van der Waals surface area contributed by atoms with Gasteiger partial charge < -0.3 is 15.0 Å². The summed E-state index contributed by atoms with van der Waals surface area (Å²) in [6.07, 6.45) is -4.54. The Morgan fingerprint density at radius 3 is 2.52 bits per heavy atom. The van der Waals surface area contributed by atoms with Crippen molar-refractivity contribution >= 4 is 11.8 Å². The van der Waals surface area contributed by atoms with Crippen molar-refractivity contribution in [3.8, 4) is 5.75 Å². The third kappa shape index (κ3) is 5.95. The molecule has 0 saturated carbocycles. The number of benzene rings is 1. The zero-order valence-electron chi connectivity index (χ0n) is 14.1. The lowest BCUT2D eigenvalue weighted by molar-refractivity contribution is -0.274. The Hall–Kier alpha value is -2.25. The van der Waals surface area contributed by atoms with E-state index in [-0.39, 0.29) is 36.4 Å². The lowest BCUT2D eigenvalue weighted by atomic mass is 10.1. The van der Waals surface area contributed by atoms with E-state index in [4.69, 9.17) is 0 Å². The van der Waals surface area contributed by atoms with Crippen molar-refractivity contribution in [2.45, 2.75) is 33.2 Å². The van der Waals surface area contributed by atoms with Crippen LogP contribution in [-0.2, 0) is 16.1 Å². The molecule has 0 aromatic heterocycles. The number of halogens is 3. The maximum Gasteiger partial charge on any atom is 0.573 e. The van der Waals surface area contributed by atoms with Gasteiger partial charge in [0.25, 0.3) is 0 Å². The first-order valence-electron chi connectivity index (χ1n) is 8.04. The summed E-state index contributed by atoms with van der Waals surface area (Å²) >= 11 is 0. The maximum atomic E-state index is 12.2. The average molecular weight is 358 g/mol. The van der Waals surface area contributed by atoms with Gasteiger partial charge in [-0.15, -0.1) is 13.2 Å². The van der Waals surface area contributed by atoms with Crippen LogP contribution in [0.15, 0.2) is 24.3 Å². The molecule has 1 saturated heterocycles. The van der Waals surface area contributed by atoms with E-state index in [2.05, 4.69) is 10.1 Å². The minimum Gasteiger partial charge on any atom is -0.406 e. The molecule has 1 aliphatic rings. The fourth-order valence-corrected chi connectivity index (χ4v) is 2.71. The molecule has 1 heterocycles. The number of hydrogen-bond acceptors (Lipinski definition) is 3. The highest BCUT2D eigenvalue weighted by Gasteiger charge is 2.34. The first-order chi connectivity index (χ1) is 11.6. The predicted octanol–water partition coefficient (Wildman–Crippen LogP) is 2.71. The molecule has 1 aromatic rings. The zero-order valence-corrected chi connectivity index (χ0v) is 14.1. The van der Waals surface area contributed by atoms with E-state index in [0.717, 1.165) is 0 Å². The first kappa shape index (κ1) is 19.1. The Kier molecular flexibility index (Phi) is 5.92. The summed E-state index contributed by atoms with van der Waals surface area (Å²) in [6, 6.07) is 5.29. The Bertz CT molecular complexity index is 615. The van der Waals surface area contributed by atoms with E-state index in [1.165, 1.54) is 24.3 Å². The number of amides is 2. The molecule has 1 fully saturated rings. The number of nitrogens with one attached hydrogen (secondary N) is 1. The standard InChI is InChI=1S/C17H21F3N2O3/c1-11(2)9-22-10-13(7-15(22)23)16(24)21-8-12-3-5-14(6-4-12)25-17(18,19)20/h3-6,11,13H,7-10H2,1-2H3,(H,21,24). The molecule has 5 nitrogen and oxygen atoms in total. The largest absolute Gasteiger partial charge is 0.573 e. The van der Waals surface area contributed by atoms with Crippen molar-refractivity contribution in [1.29, 1.82) is 0 Å². The Labute approximate surface area is 144 Å². The lowest BCUT2D eigenvalue weighted by Crippen LogP contribution is -2.33. The maximum absolute atomic E-state index is 12.2. The van der Waals surface area contributed by atoms with E-state index < -0.39 is 6.36 Å². The number of likely N-dealkylation sites (tertiary alicyclic amines) is 1. The minimum absolute atomic E-state index is 0.0255. The molecule has 1 unspecified atom stereocenters. The van der Waals surface area contributed by atoms with Crippen molar-refractivity contribution in [3.05, 3.63) is 29.8 Å². The molecule has 2 rings (SSSR count). The fraction of sp³-hybridized carbons (Fsp3) is 0.529. The highest BCUT2D eigenvalue weighted by Crippen LogP contribution is 2.23. The van der Waals surface area contributed by atoms with Crippen molar-refractivity contribution in [2.75, 3.05) is 13.1 Å². The number of ether oxygens (including phenoxy) is 1. The van der Waals surface area contributed by atoms with Crippen LogP contribution in [0, 0.1) is 11.8 Å². The number of nitrogens with zero attached hydrogens (tertiary/aromatic N) is 1. The molecule has 0 bridgehead atoms. The van der Waals surface area contributed by atoms with Gasteiger partial charge in [0.05, 0.1) is 5.92 Å². The second-order valence-corrected chi connectivity index (χ2v) is 6.50. The van der Waals surface area contributed by atoms with Gasteiger partial charge in [0, 0.05) is 26.1 Å². The van der Waals surface area contributed by atoms with Crippen molar-refractivity contribution < 1.29 is 27.5 Å². The molecule has 1 aliphatic heterocycles. The third-order valence-corrected chi connectivity index (χ3v) is 3.79. The molecule has 138 valence electrons. The molecule has 0 spiro atoms. The summed E-state index contributed by atoms with van der Waals surface area (Å²) < 4.78 is 40.1. The van der Waals surface area contributed by atoms with Gasteiger partial charge in [-0.2, -0.15) is 0 Å². The molecule has 0 aliphatic carbocycles. The summed E-state index contributed by atoms with van der Waals surface area (Å²) in [6.45, 7) is 5.23. The van der Waals surface area contributed by atoms with Crippen LogP contribution in [0.5, 0.6) is 5.75 Å². The number of rotatable bonds is 6. The summed E-state index contributed by atoms with van der Waals surface area (Å²) in [7, 11) is 0. The first-order valence-corrected chi connectivity index (χ1v) is 8.04. The molecule has 25 heavy (non-hydrogen) atoms. The van der Waals surface area contributed by atoms with Crippen LogP contribution in [0.1, 0.15) is 25.8 Å². The van der Waals surface area contributed by atoms with Gasteiger partial charge in [0.15, 0.2) is 0 Å². The van der Waals surface area contributed by atoms with Gasteiger partial charge in [0.2, 0.25) is 11.8 Å². The number of hydrogen-bond donors (Lipinski definition) is 1. The van der Waals surface area contributed by atoms with Crippen molar-refractivity contribution in [3.63, 3.8) is 0 Å². The van der Waals surface area contributed by atoms with E-state index in [0.29, 0.717) is 24.6 Å². The average Bonchev–Trinajstić information content (AvgIpc) is 2.85. The Morgan fingerprint density at radius 1 is 1.32 bits per heavy atom. The number of carbonyl (C=O) groups excluding carboxylic acids is 2. The Morgan fingerprint density at radius 2 is 1.96 bits per heavy atom. The molecular formula is C17H21F3N2O3. The summed E-state index contributed by atoms with van der Waals surface area (Å²) in [5.74, 6) is -0.617. The van der Waals surface area contributed by atoms with Gasteiger partial charge in [-0.05, 0) is 23.6 Å². The van der Waals surface area contributed by atoms with Crippen LogP contribution in [0.25, 0.3) is 0 Å². The quantitative estimate of drug-likeness (QED) is 0.851. The lowest BCUT2D eigenvalue weighted by Gasteiger charge is -2.18. The van der Waals surface area contributed by atoms with Crippen molar-refractivity contribution in [2.24, 2.45) is 11.8 Å². The van der Waals surface area contributed by atoms with Gasteiger partial charge in [0.1, 0.15) is 5.75 Å². The van der Waals surface area contributed by atoms with E-state index in [9.17, 15) is 22.8 Å². The van der Waals surface area contributed by atoms with Gasteiger partial charge in [-0.1, -0.05) is 26.0 Å². The molecule has 1 atom stereocenters. The van der Waals surface area contributed by atoms with Crippen LogP contribution >= 0.6 is 0 Å². The molecule has 1 N–H and O–H groups in total. The normalized spacial score (nSPS) is 17.9. The number of alkyl halides is 3. The summed E-state index contributed by atoms with van der Waals surface area (Å²) in [4.78, 5) is 25.8. The molecule has 1 aromatic carbocycles. The highest BCUT2D eigenvalue weighted by molar-refractivity contribution is 5.89. The number of carbonyl (C=O) groups is 2. The SMILES string of the molecule is CC(C)CN1CC(C(=O)NCc2ccc(OC(F)(F)F)cc2)CC1=O. The zero-order chi connectivity index (χ0) is 18.6. The predicted molar refractivity (Wildman–Crippen MR) is 84.5 cm³/mol. The molecular weight excluding hydrogens is 337 g/mol. The topological polar surface area (TPSA) is 58.6 Å². The van der Waals surface area contributed by atoms with E-state index >= 15 is 0 Å². The van der Waals surface area contributed by atoms with Gasteiger partial charge in [-0.3, -0.25) is 9.59 Å². The van der Waals surface area contributed by atoms with Gasteiger partial charge >= 0.3 is 6.36 Å². The highest BCUT2D eigenvalue weighted by atomic mass is 19.4.